The molecule has 3 heteroatoms. The van der Waals surface area contributed by atoms with Crippen LogP contribution < -0.4 is 5.32 Å². The van der Waals surface area contributed by atoms with Crippen LogP contribution in [0.3, 0.4) is 0 Å². The maximum Gasteiger partial charge on any atom is 0.0512 e. The zero-order valence-corrected chi connectivity index (χ0v) is 12.1. The van der Waals surface area contributed by atoms with Crippen molar-refractivity contribution in [1.82, 2.24) is 5.32 Å². The van der Waals surface area contributed by atoms with Gasteiger partial charge in [-0.25, -0.2) is 0 Å². The van der Waals surface area contributed by atoms with Gasteiger partial charge in [-0.3, -0.25) is 0 Å². The van der Waals surface area contributed by atoms with Crippen LogP contribution in [0.25, 0.3) is 0 Å². The van der Waals surface area contributed by atoms with Gasteiger partial charge in [0.25, 0.3) is 0 Å². The van der Waals surface area contributed by atoms with E-state index in [9.17, 15) is 0 Å². The van der Waals surface area contributed by atoms with E-state index < -0.39 is 0 Å². The molecule has 0 radical (unpaired) electrons. The third-order valence-corrected chi connectivity index (χ3v) is 4.05. The van der Waals surface area contributed by atoms with E-state index in [0.717, 1.165) is 17.7 Å². The van der Waals surface area contributed by atoms with Crippen LogP contribution in [0.5, 0.6) is 0 Å². The fraction of sp³-hybridized carbons (Fsp3) is 0.571. The van der Waals surface area contributed by atoms with E-state index in [0.29, 0.717) is 12.0 Å². The van der Waals surface area contributed by atoms with Gasteiger partial charge in [-0.2, -0.15) is 0 Å². The van der Waals surface area contributed by atoms with Crippen molar-refractivity contribution >= 4 is 15.9 Å². The van der Waals surface area contributed by atoms with E-state index in [1.54, 1.807) is 0 Å². The molecule has 1 N–H and O–H groups in total. The molecular weight excluding hydrogens is 278 g/mol. The number of rotatable bonds is 3. The van der Waals surface area contributed by atoms with Crippen molar-refractivity contribution in [1.29, 1.82) is 0 Å². The van der Waals surface area contributed by atoms with Crippen LogP contribution in [0.4, 0.5) is 0 Å². The van der Waals surface area contributed by atoms with Gasteiger partial charge in [0.2, 0.25) is 0 Å². The number of aryl methyl sites for hydroxylation is 1. The highest BCUT2D eigenvalue weighted by atomic mass is 79.9. The summed E-state index contributed by atoms with van der Waals surface area (Å²) in [5.74, 6) is 0.585. The monoisotopic (exact) mass is 297 g/mol. The number of ether oxygens (including phenoxy) is 1. The van der Waals surface area contributed by atoms with Crippen LogP contribution >= 0.6 is 15.9 Å². The second kappa shape index (κ2) is 5.98. The summed E-state index contributed by atoms with van der Waals surface area (Å²) in [5, 5.41) is 3.46. The SMILES string of the molecule is CNC(c1cc(Br)ccc1C)C1CCCOC1. The molecule has 1 saturated heterocycles. The average Bonchev–Trinajstić information content (AvgIpc) is 2.36. The molecule has 1 aromatic carbocycles. The Morgan fingerprint density at radius 3 is 2.94 bits per heavy atom. The summed E-state index contributed by atoms with van der Waals surface area (Å²) >= 11 is 3.56. The summed E-state index contributed by atoms with van der Waals surface area (Å²) in [6.07, 6.45) is 2.42. The lowest BCUT2D eigenvalue weighted by Crippen LogP contribution is -2.31. The summed E-state index contributed by atoms with van der Waals surface area (Å²) in [5.41, 5.74) is 2.73. The predicted molar refractivity (Wildman–Crippen MR) is 74.2 cm³/mol. The smallest absolute Gasteiger partial charge is 0.0512 e. The topological polar surface area (TPSA) is 21.3 Å². The van der Waals surface area contributed by atoms with Gasteiger partial charge in [-0.05, 0) is 50.1 Å². The Kier molecular flexibility index (Phi) is 4.60. The maximum atomic E-state index is 5.60. The van der Waals surface area contributed by atoms with Gasteiger partial charge >= 0.3 is 0 Å². The van der Waals surface area contributed by atoms with E-state index in [1.165, 1.54) is 24.0 Å². The van der Waals surface area contributed by atoms with E-state index in [1.807, 2.05) is 7.05 Å². The number of hydrogen-bond donors (Lipinski definition) is 1. The molecule has 1 aliphatic heterocycles. The molecule has 2 nitrogen and oxygen atoms in total. The molecule has 0 spiro atoms. The zero-order valence-electron chi connectivity index (χ0n) is 10.5. The predicted octanol–water partition coefficient (Wildman–Crippen LogP) is 3.44. The molecule has 2 unspecified atom stereocenters. The van der Waals surface area contributed by atoms with E-state index in [-0.39, 0.29) is 0 Å². The Morgan fingerprint density at radius 2 is 2.29 bits per heavy atom. The average molecular weight is 298 g/mol. The quantitative estimate of drug-likeness (QED) is 0.923. The highest BCUT2D eigenvalue weighted by molar-refractivity contribution is 9.10. The van der Waals surface area contributed by atoms with Crippen LogP contribution in [0.2, 0.25) is 0 Å². The van der Waals surface area contributed by atoms with Crippen molar-refractivity contribution in [3.05, 3.63) is 33.8 Å². The van der Waals surface area contributed by atoms with Gasteiger partial charge in [0.05, 0.1) is 6.61 Å². The first-order chi connectivity index (χ1) is 8.22. The lowest BCUT2D eigenvalue weighted by atomic mass is 9.87. The van der Waals surface area contributed by atoms with Gasteiger partial charge in [-0.15, -0.1) is 0 Å². The Bertz CT molecular complexity index is 374. The maximum absolute atomic E-state index is 5.60. The van der Waals surface area contributed by atoms with Crippen LogP contribution in [0.1, 0.15) is 30.0 Å². The summed E-state index contributed by atoms with van der Waals surface area (Å²) in [7, 11) is 2.04. The van der Waals surface area contributed by atoms with Gasteiger partial charge < -0.3 is 10.1 Å². The van der Waals surface area contributed by atoms with Crippen molar-refractivity contribution in [2.24, 2.45) is 5.92 Å². The number of nitrogens with one attached hydrogen (secondary N) is 1. The van der Waals surface area contributed by atoms with Gasteiger partial charge in [0.1, 0.15) is 0 Å². The minimum atomic E-state index is 0.396. The Balaban J connectivity index is 2.24. The number of hydrogen-bond acceptors (Lipinski definition) is 2. The molecule has 1 fully saturated rings. The second-order valence-electron chi connectivity index (χ2n) is 4.74. The number of benzene rings is 1. The Hall–Kier alpha value is -0.380. The van der Waals surface area contributed by atoms with E-state index >= 15 is 0 Å². The molecule has 17 heavy (non-hydrogen) atoms. The molecule has 94 valence electrons. The molecule has 1 heterocycles. The summed E-state index contributed by atoms with van der Waals surface area (Å²) in [6.45, 7) is 3.97. The van der Waals surface area contributed by atoms with Crippen molar-refractivity contribution in [2.45, 2.75) is 25.8 Å². The van der Waals surface area contributed by atoms with Crippen molar-refractivity contribution in [3.8, 4) is 0 Å². The van der Waals surface area contributed by atoms with Crippen molar-refractivity contribution in [2.75, 3.05) is 20.3 Å². The van der Waals surface area contributed by atoms with Crippen LogP contribution in [-0.2, 0) is 4.74 Å². The molecule has 2 rings (SSSR count). The fourth-order valence-corrected chi connectivity index (χ4v) is 3.00. The zero-order chi connectivity index (χ0) is 12.3. The Morgan fingerprint density at radius 1 is 1.47 bits per heavy atom. The minimum Gasteiger partial charge on any atom is -0.381 e. The lowest BCUT2D eigenvalue weighted by Gasteiger charge is -2.31. The molecule has 1 aliphatic rings. The van der Waals surface area contributed by atoms with Gasteiger partial charge in [0.15, 0.2) is 0 Å². The van der Waals surface area contributed by atoms with E-state index in [4.69, 9.17) is 4.74 Å². The number of halogens is 1. The lowest BCUT2D eigenvalue weighted by molar-refractivity contribution is 0.0401. The molecule has 0 aliphatic carbocycles. The minimum absolute atomic E-state index is 0.396. The standard InChI is InChI=1S/C14H20BrNO/c1-10-5-6-12(15)8-13(10)14(16-2)11-4-3-7-17-9-11/h5-6,8,11,14,16H,3-4,7,9H2,1-2H3. The molecule has 0 amide bonds. The third-order valence-electron chi connectivity index (χ3n) is 3.55. The normalized spacial score (nSPS) is 22.4. The summed E-state index contributed by atoms with van der Waals surface area (Å²) in [6, 6.07) is 6.90. The van der Waals surface area contributed by atoms with Gasteiger partial charge in [-0.1, -0.05) is 22.0 Å². The third kappa shape index (κ3) is 3.09. The second-order valence-corrected chi connectivity index (χ2v) is 5.66. The first-order valence-electron chi connectivity index (χ1n) is 6.23. The highest BCUT2D eigenvalue weighted by Crippen LogP contribution is 2.31. The van der Waals surface area contributed by atoms with Crippen molar-refractivity contribution in [3.63, 3.8) is 0 Å². The van der Waals surface area contributed by atoms with Crippen LogP contribution in [-0.4, -0.2) is 20.3 Å². The Labute approximate surface area is 112 Å². The summed E-state index contributed by atoms with van der Waals surface area (Å²) in [4.78, 5) is 0. The largest absolute Gasteiger partial charge is 0.381 e. The molecule has 0 bridgehead atoms. The first-order valence-corrected chi connectivity index (χ1v) is 7.02. The molecular formula is C14H20BrNO. The fourth-order valence-electron chi connectivity index (χ4n) is 2.62. The molecule has 1 aromatic rings. The van der Waals surface area contributed by atoms with Gasteiger partial charge in [0, 0.05) is 23.0 Å². The van der Waals surface area contributed by atoms with Crippen LogP contribution in [0, 0.1) is 12.8 Å². The van der Waals surface area contributed by atoms with Crippen LogP contribution in [0.15, 0.2) is 22.7 Å². The first kappa shape index (κ1) is 13.1. The molecule has 0 aromatic heterocycles. The highest BCUT2D eigenvalue weighted by Gasteiger charge is 2.25. The van der Waals surface area contributed by atoms with E-state index in [2.05, 4.69) is 46.4 Å². The molecule has 0 saturated carbocycles. The summed E-state index contributed by atoms with van der Waals surface area (Å²) < 4.78 is 6.75. The van der Waals surface area contributed by atoms with Crippen molar-refractivity contribution < 1.29 is 4.74 Å². The molecule has 2 atom stereocenters.